The standard InChI is InChI=1S/C11H13NO4/c1-2-16-11(14)9(10(13)12-15)8-6-4-3-5-7-8/h3-7,9,15H,2H2,1H3,(H,12,13)/t9-/m1/s1. The van der Waals surface area contributed by atoms with Crippen LogP contribution in [0.4, 0.5) is 0 Å². The van der Waals surface area contributed by atoms with E-state index in [2.05, 4.69) is 0 Å². The zero-order valence-corrected chi connectivity index (χ0v) is 8.84. The van der Waals surface area contributed by atoms with Crippen molar-refractivity contribution in [3.8, 4) is 0 Å². The molecule has 16 heavy (non-hydrogen) atoms. The quantitative estimate of drug-likeness (QED) is 0.343. The van der Waals surface area contributed by atoms with Gasteiger partial charge in [-0.3, -0.25) is 14.8 Å². The summed E-state index contributed by atoms with van der Waals surface area (Å²) in [5, 5.41) is 8.58. The Labute approximate surface area is 93.0 Å². The van der Waals surface area contributed by atoms with E-state index in [1.165, 1.54) is 5.48 Å². The van der Waals surface area contributed by atoms with Gasteiger partial charge in [0.1, 0.15) is 0 Å². The van der Waals surface area contributed by atoms with Crippen LogP contribution >= 0.6 is 0 Å². The molecule has 0 aliphatic rings. The highest BCUT2D eigenvalue weighted by molar-refractivity contribution is 6.02. The van der Waals surface area contributed by atoms with Crippen LogP contribution in [-0.4, -0.2) is 23.7 Å². The third-order valence-electron chi connectivity index (χ3n) is 2.03. The van der Waals surface area contributed by atoms with Crippen LogP contribution in [0.3, 0.4) is 0 Å². The molecule has 0 fully saturated rings. The maximum absolute atomic E-state index is 11.5. The Balaban J connectivity index is 2.97. The Kier molecular flexibility index (Phi) is 4.47. The second-order valence-corrected chi connectivity index (χ2v) is 3.07. The second kappa shape index (κ2) is 5.87. The Morgan fingerprint density at radius 1 is 1.38 bits per heavy atom. The minimum absolute atomic E-state index is 0.181. The smallest absolute Gasteiger partial charge is 0.323 e. The highest BCUT2D eigenvalue weighted by atomic mass is 16.5. The molecule has 1 rings (SSSR count). The van der Waals surface area contributed by atoms with Gasteiger partial charge in [0, 0.05) is 0 Å². The summed E-state index contributed by atoms with van der Waals surface area (Å²) in [4.78, 5) is 22.9. The zero-order chi connectivity index (χ0) is 12.0. The molecule has 1 aromatic carbocycles. The molecule has 0 heterocycles. The summed E-state index contributed by atoms with van der Waals surface area (Å²) < 4.78 is 4.77. The van der Waals surface area contributed by atoms with Crippen LogP contribution < -0.4 is 5.48 Å². The molecular weight excluding hydrogens is 210 g/mol. The van der Waals surface area contributed by atoms with Gasteiger partial charge in [-0.05, 0) is 12.5 Å². The summed E-state index contributed by atoms with van der Waals surface area (Å²) in [6, 6.07) is 8.41. The number of hydroxylamine groups is 1. The number of ether oxygens (including phenoxy) is 1. The van der Waals surface area contributed by atoms with Gasteiger partial charge in [-0.15, -0.1) is 0 Å². The number of nitrogens with one attached hydrogen (secondary N) is 1. The van der Waals surface area contributed by atoms with E-state index in [-0.39, 0.29) is 6.61 Å². The van der Waals surface area contributed by atoms with Crippen molar-refractivity contribution in [1.29, 1.82) is 0 Å². The van der Waals surface area contributed by atoms with Crippen LogP contribution in [-0.2, 0) is 14.3 Å². The molecule has 0 aliphatic carbocycles. The van der Waals surface area contributed by atoms with E-state index in [0.717, 1.165) is 0 Å². The van der Waals surface area contributed by atoms with Crippen LogP contribution in [0.15, 0.2) is 30.3 Å². The Morgan fingerprint density at radius 2 is 2.00 bits per heavy atom. The molecule has 0 radical (unpaired) electrons. The fourth-order valence-electron chi connectivity index (χ4n) is 1.33. The minimum atomic E-state index is -1.13. The fourth-order valence-corrected chi connectivity index (χ4v) is 1.33. The van der Waals surface area contributed by atoms with Crippen molar-refractivity contribution >= 4 is 11.9 Å². The third kappa shape index (κ3) is 2.80. The van der Waals surface area contributed by atoms with E-state index in [4.69, 9.17) is 9.94 Å². The van der Waals surface area contributed by atoms with Crippen molar-refractivity contribution in [3.63, 3.8) is 0 Å². The molecule has 5 heteroatoms. The van der Waals surface area contributed by atoms with Gasteiger partial charge in [0.2, 0.25) is 0 Å². The maximum atomic E-state index is 11.5. The first-order chi connectivity index (χ1) is 7.70. The summed E-state index contributed by atoms with van der Waals surface area (Å²) in [6.07, 6.45) is 0. The molecule has 0 bridgehead atoms. The third-order valence-corrected chi connectivity index (χ3v) is 2.03. The molecule has 0 saturated heterocycles. The minimum Gasteiger partial charge on any atom is -0.465 e. The molecule has 0 saturated carbocycles. The second-order valence-electron chi connectivity index (χ2n) is 3.07. The zero-order valence-electron chi connectivity index (χ0n) is 8.84. The van der Waals surface area contributed by atoms with Crippen LogP contribution in [0.2, 0.25) is 0 Å². The largest absolute Gasteiger partial charge is 0.465 e. The van der Waals surface area contributed by atoms with Crippen molar-refractivity contribution in [2.45, 2.75) is 12.8 Å². The van der Waals surface area contributed by atoms with E-state index >= 15 is 0 Å². The predicted octanol–water partition coefficient (Wildman–Crippen LogP) is 0.839. The molecule has 86 valence electrons. The first-order valence-corrected chi connectivity index (χ1v) is 4.86. The Hall–Kier alpha value is -1.88. The highest BCUT2D eigenvalue weighted by Crippen LogP contribution is 2.17. The van der Waals surface area contributed by atoms with Crippen molar-refractivity contribution in [3.05, 3.63) is 35.9 Å². The lowest BCUT2D eigenvalue weighted by molar-refractivity contribution is -0.150. The van der Waals surface area contributed by atoms with Crippen molar-refractivity contribution in [2.75, 3.05) is 6.61 Å². The van der Waals surface area contributed by atoms with Gasteiger partial charge in [0.15, 0.2) is 5.92 Å². The number of rotatable bonds is 4. The number of esters is 1. The molecule has 5 nitrogen and oxygen atoms in total. The summed E-state index contributed by atoms with van der Waals surface area (Å²) in [6.45, 7) is 1.83. The summed E-state index contributed by atoms with van der Waals surface area (Å²) in [5.74, 6) is -2.61. The lowest BCUT2D eigenvalue weighted by atomic mass is 9.99. The molecular formula is C11H13NO4. The number of amides is 1. The predicted molar refractivity (Wildman–Crippen MR) is 55.7 cm³/mol. The molecule has 0 spiro atoms. The van der Waals surface area contributed by atoms with E-state index in [9.17, 15) is 9.59 Å². The van der Waals surface area contributed by atoms with Gasteiger partial charge < -0.3 is 4.74 Å². The molecule has 1 aromatic rings. The number of benzene rings is 1. The topological polar surface area (TPSA) is 75.6 Å². The van der Waals surface area contributed by atoms with Crippen LogP contribution in [0.1, 0.15) is 18.4 Å². The van der Waals surface area contributed by atoms with Gasteiger partial charge in [-0.2, -0.15) is 0 Å². The van der Waals surface area contributed by atoms with E-state index in [1.807, 2.05) is 0 Å². The number of hydrogen-bond donors (Lipinski definition) is 2. The SMILES string of the molecule is CCOC(=O)[C@@H](C(=O)NO)c1ccccc1. The van der Waals surface area contributed by atoms with Crippen LogP contribution in [0.5, 0.6) is 0 Å². The average molecular weight is 223 g/mol. The van der Waals surface area contributed by atoms with Crippen LogP contribution in [0.25, 0.3) is 0 Å². The number of carbonyl (C=O) groups is 2. The van der Waals surface area contributed by atoms with E-state index in [0.29, 0.717) is 5.56 Å². The van der Waals surface area contributed by atoms with Crippen molar-refractivity contribution < 1.29 is 19.5 Å². The number of hydrogen-bond acceptors (Lipinski definition) is 4. The first-order valence-electron chi connectivity index (χ1n) is 4.86. The lowest BCUT2D eigenvalue weighted by Crippen LogP contribution is -2.32. The lowest BCUT2D eigenvalue weighted by Gasteiger charge is -2.13. The summed E-state index contributed by atoms with van der Waals surface area (Å²) in [7, 11) is 0. The molecule has 0 aliphatic heterocycles. The maximum Gasteiger partial charge on any atom is 0.323 e. The normalized spacial score (nSPS) is 11.6. The number of carbonyl (C=O) groups excluding carboxylic acids is 2. The average Bonchev–Trinajstić information content (AvgIpc) is 2.31. The molecule has 1 atom stereocenters. The Bertz CT molecular complexity index is 364. The molecule has 0 aromatic heterocycles. The Morgan fingerprint density at radius 3 is 2.50 bits per heavy atom. The van der Waals surface area contributed by atoms with Gasteiger partial charge in [-0.25, -0.2) is 5.48 Å². The molecule has 1 amide bonds. The fraction of sp³-hybridized carbons (Fsp3) is 0.273. The van der Waals surface area contributed by atoms with Gasteiger partial charge in [0.05, 0.1) is 6.61 Å². The van der Waals surface area contributed by atoms with Crippen LogP contribution in [0, 0.1) is 0 Å². The van der Waals surface area contributed by atoms with E-state index in [1.54, 1.807) is 37.3 Å². The summed E-state index contributed by atoms with van der Waals surface area (Å²) >= 11 is 0. The monoisotopic (exact) mass is 223 g/mol. The van der Waals surface area contributed by atoms with Crippen molar-refractivity contribution in [1.82, 2.24) is 5.48 Å². The van der Waals surface area contributed by atoms with E-state index < -0.39 is 17.8 Å². The highest BCUT2D eigenvalue weighted by Gasteiger charge is 2.29. The van der Waals surface area contributed by atoms with Gasteiger partial charge >= 0.3 is 5.97 Å². The van der Waals surface area contributed by atoms with Gasteiger partial charge in [0.25, 0.3) is 5.91 Å². The first kappa shape index (κ1) is 12.2. The molecule has 2 N–H and O–H groups in total. The molecule has 0 unspecified atom stereocenters. The van der Waals surface area contributed by atoms with Crippen molar-refractivity contribution in [2.24, 2.45) is 0 Å². The summed E-state index contributed by atoms with van der Waals surface area (Å²) in [5.41, 5.74) is 1.94. The van der Waals surface area contributed by atoms with Gasteiger partial charge in [-0.1, -0.05) is 30.3 Å².